The van der Waals surface area contributed by atoms with Gasteiger partial charge in [-0.1, -0.05) is 29.8 Å². The molecule has 2 aromatic carbocycles. The van der Waals surface area contributed by atoms with Crippen LogP contribution in [0.1, 0.15) is 29.1 Å². The van der Waals surface area contributed by atoms with Gasteiger partial charge in [0.1, 0.15) is 5.76 Å². The fourth-order valence-electron chi connectivity index (χ4n) is 3.21. The van der Waals surface area contributed by atoms with Crippen LogP contribution in [-0.2, 0) is 4.79 Å². The Morgan fingerprint density at radius 1 is 1.21 bits per heavy atom. The molecule has 2 amide bonds. The maximum Gasteiger partial charge on any atom is 0.277 e. The molecule has 3 aromatic rings. The summed E-state index contributed by atoms with van der Waals surface area (Å²) in [5, 5.41) is 3.20. The summed E-state index contributed by atoms with van der Waals surface area (Å²) in [4.78, 5) is 30.5. The molecular weight excluding hydrogens is 378 g/mol. The third kappa shape index (κ3) is 3.51. The summed E-state index contributed by atoms with van der Waals surface area (Å²) in [6, 6.07) is 14.5. The molecule has 1 fully saturated rings. The Morgan fingerprint density at radius 3 is 2.68 bits per heavy atom. The lowest BCUT2D eigenvalue weighted by molar-refractivity contribution is -0.117. The molecule has 6 nitrogen and oxygen atoms in total. The lowest BCUT2D eigenvalue weighted by atomic mass is 10.2. The van der Waals surface area contributed by atoms with E-state index in [9.17, 15) is 9.59 Å². The SMILES string of the molecule is Cc1oc(-c2ccccc2)nc1C(=O)Nc1ccc(N2CCCC2=O)c(Cl)c1. The average molecular weight is 396 g/mol. The van der Waals surface area contributed by atoms with Crippen molar-refractivity contribution in [1.82, 2.24) is 4.98 Å². The molecule has 0 atom stereocenters. The minimum atomic E-state index is -0.385. The predicted octanol–water partition coefficient (Wildman–Crippen LogP) is 4.68. The van der Waals surface area contributed by atoms with Gasteiger partial charge in [-0.15, -0.1) is 0 Å². The second-order valence-corrected chi connectivity index (χ2v) is 6.97. The van der Waals surface area contributed by atoms with Gasteiger partial charge in [0.2, 0.25) is 11.8 Å². The van der Waals surface area contributed by atoms with Crippen molar-refractivity contribution in [3.8, 4) is 11.5 Å². The number of anilines is 2. The van der Waals surface area contributed by atoms with E-state index in [0.29, 0.717) is 41.0 Å². The van der Waals surface area contributed by atoms with E-state index in [-0.39, 0.29) is 17.5 Å². The maximum atomic E-state index is 12.6. The molecule has 1 aliphatic heterocycles. The van der Waals surface area contributed by atoms with Crippen LogP contribution in [-0.4, -0.2) is 23.3 Å². The highest BCUT2D eigenvalue weighted by atomic mass is 35.5. The zero-order chi connectivity index (χ0) is 19.7. The van der Waals surface area contributed by atoms with Crippen LogP contribution in [0.25, 0.3) is 11.5 Å². The minimum Gasteiger partial charge on any atom is -0.441 e. The highest BCUT2D eigenvalue weighted by Gasteiger charge is 2.24. The highest BCUT2D eigenvalue weighted by Crippen LogP contribution is 2.32. The molecule has 0 bridgehead atoms. The van der Waals surface area contributed by atoms with Crippen LogP contribution in [0.5, 0.6) is 0 Å². The number of rotatable bonds is 4. The number of aromatic nitrogens is 1. The number of oxazole rings is 1. The van der Waals surface area contributed by atoms with E-state index in [1.807, 2.05) is 30.3 Å². The lowest BCUT2D eigenvalue weighted by Gasteiger charge is -2.18. The average Bonchev–Trinajstić information content (AvgIpc) is 3.28. The molecule has 142 valence electrons. The van der Waals surface area contributed by atoms with E-state index in [1.54, 1.807) is 30.0 Å². The van der Waals surface area contributed by atoms with Gasteiger partial charge in [0.25, 0.3) is 5.91 Å². The largest absolute Gasteiger partial charge is 0.441 e. The normalized spacial score (nSPS) is 13.8. The van der Waals surface area contributed by atoms with Crippen molar-refractivity contribution in [1.29, 1.82) is 0 Å². The number of carbonyl (C=O) groups is 2. The van der Waals surface area contributed by atoms with E-state index in [4.69, 9.17) is 16.0 Å². The Balaban J connectivity index is 1.53. The first-order chi connectivity index (χ1) is 13.5. The van der Waals surface area contributed by atoms with Crippen molar-refractivity contribution in [2.24, 2.45) is 0 Å². The molecule has 28 heavy (non-hydrogen) atoms. The molecule has 0 spiro atoms. The van der Waals surface area contributed by atoms with Crippen LogP contribution in [0.3, 0.4) is 0 Å². The van der Waals surface area contributed by atoms with Gasteiger partial charge in [0.05, 0.1) is 10.7 Å². The van der Waals surface area contributed by atoms with Crippen LogP contribution >= 0.6 is 11.6 Å². The summed E-state index contributed by atoms with van der Waals surface area (Å²) in [5.74, 6) is 0.501. The van der Waals surface area contributed by atoms with E-state index < -0.39 is 0 Å². The number of carbonyl (C=O) groups excluding carboxylic acids is 2. The first-order valence-corrected chi connectivity index (χ1v) is 9.35. The highest BCUT2D eigenvalue weighted by molar-refractivity contribution is 6.34. The van der Waals surface area contributed by atoms with Crippen LogP contribution < -0.4 is 10.2 Å². The maximum absolute atomic E-state index is 12.6. The van der Waals surface area contributed by atoms with Crippen molar-refractivity contribution in [3.63, 3.8) is 0 Å². The fraction of sp³-hybridized carbons (Fsp3) is 0.190. The van der Waals surface area contributed by atoms with Crippen molar-refractivity contribution < 1.29 is 14.0 Å². The standard InChI is InChI=1S/C21H18ClN3O3/c1-13-19(24-21(28-13)14-6-3-2-4-7-14)20(27)23-15-9-10-17(16(22)12-15)25-11-5-8-18(25)26/h2-4,6-7,9-10,12H,5,8,11H2,1H3,(H,23,27). The van der Waals surface area contributed by atoms with E-state index >= 15 is 0 Å². The van der Waals surface area contributed by atoms with Gasteiger partial charge in [0, 0.05) is 24.2 Å². The number of nitrogens with one attached hydrogen (secondary N) is 1. The Bertz CT molecular complexity index is 1050. The number of amides is 2. The molecule has 0 aliphatic carbocycles. The topological polar surface area (TPSA) is 75.4 Å². The summed E-state index contributed by atoms with van der Waals surface area (Å²) < 4.78 is 5.64. The third-order valence-corrected chi connectivity index (χ3v) is 4.90. The van der Waals surface area contributed by atoms with Gasteiger partial charge < -0.3 is 14.6 Å². The quantitative estimate of drug-likeness (QED) is 0.695. The van der Waals surface area contributed by atoms with E-state index in [0.717, 1.165) is 12.0 Å². The summed E-state index contributed by atoms with van der Waals surface area (Å²) in [6.07, 6.45) is 1.35. The Labute approximate surface area is 167 Å². The molecular formula is C21H18ClN3O3. The summed E-state index contributed by atoms with van der Waals surface area (Å²) >= 11 is 6.34. The predicted molar refractivity (Wildman–Crippen MR) is 108 cm³/mol. The van der Waals surface area contributed by atoms with Gasteiger partial charge in [-0.25, -0.2) is 4.98 Å². The number of aryl methyl sites for hydroxylation is 1. The first kappa shape index (κ1) is 18.3. The number of nitrogens with zero attached hydrogens (tertiary/aromatic N) is 2. The second-order valence-electron chi connectivity index (χ2n) is 6.56. The van der Waals surface area contributed by atoms with Gasteiger partial charge in [0.15, 0.2) is 5.69 Å². The lowest BCUT2D eigenvalue weighted by Crippen LogP contribution is -2.24. The van der Waals surface area contributed by atoms with Crippen LogP contribution in [0, 0.1) is 6.92 Å². The van der Waals surface area contributed by atoms with E-state index in [2.05, 4.69) is 10.3 Å². The Hall–Kier alpha value is -3.12. The third-order valence-electron chi connectivity index (χ3n) is 4.60. The fourth-order valence-corrected chi connectivity index (χ4v) is 3.49. The molecule has 2 heterocycles. The van der Waals surface area contributed by atoms with Crippen molar-refractivity contribution in [3.05, 3.63) is 65.0 Å². The molecule has 4 rings (SSSR count). The van der Waals surface area contributed by atoms with Gasteiger partial charge in [-0.05, 0) is 43.7 Å². The Morgan fingerprint density at radius 2 is 2.00 bits per heavy atom. The zero-order valence-electron chi connectivity index (χ0n) is 15.2. The molecule has 7 heteroatoms. The summed E-state index contributed by atoms with van der Waals surface area (Å²) in [5.41, 5.74) is 2.20. The number of hydrogen-bond acceptors (Lipinski definition) is 4. The van der Waals surface area contributed by atoms with Crippen molar-refractivity contribution in [2.45, 2.75) is 19.8 Å². The minimum absolute atomic E-state index is 0.0605. The summed E-state index contributed by atoms with van der Waals surface area (Å²) in [7, 11) is 0. The molecule has 1 aliphatic rings. The van der Waals surface area contributed by atoms with Crippen LogP contribution in [0.4, 0.5) is 11.4 Å². The molecule has 0 radical (unpaired) electrons. The second kappa shape index (κ2) is 7.48. The van der Waals surface area contributed by atoms with Crippen LogP contribution in [0.2, 0.25) is 5.02 Å². The van der Waals surface area contributed by atoms with Crippen molar-refractivity contribution >= 4 is 34.8 Å². The van der Waals surface area contributed by atoms with Crippen molar-refractivity contribution in [2.75, 3.05) is 16.8 Å². The molecule has 0 saturated carbocycles. The van der Waals surface area contributed by atoms with Gasteiger partial charge >= 0.3 is 0 Å². The molecule has 1 N–H and O–H groups in total. The van der Waals surface area contributed by atoms with Crippen LogP contribution in [0.15, 0.2) is 52.9 Å². The molecule has 1 aromatic heterocycles. The smallest absolute Gasteiger partial charge is 0.277 e. The van der Waals surface area contributed by atoms with Gasteiger partial charge in [-0.2, -0.15) is 0 Å². The first-order valence-electron chi connectivity index (χ1n) is 8.97. The number of hydrogen-bond donors (Lipinski definition) is 1. The van der Waals surface area contributed by atoms with E-state index in [1.165, 1.54) is 0 Å². The number of benzene rings is 2. The Kier molecular flexibility index (Phi) is 4.88. The monoisotopic (exact) mass is 395 g/mol. The van der Waals surface area contributed by atoms with Gasteiger partial charge in [-0.3, -0.25) is 9.59 Å². The number of halogens is 1. The molecule has 1 saturated heterocycles. The zero-order valence-corrected chi connectivity index (χ0v) is 16.0. The molecule has 0 unspecified atom stereocenters. The summed E-state index contributed by atoms with van der Waals surface area (Å²) in [6.45, 7) is 2.36.